The molecule has 15 heavy (non-hydrogen) atoms. The standard InChI is InChI=1S/C9H18N2O4/c10-6(8(12)13)4-2-1-3-5-7(11)9(14)15/h6-7H,1-5,10-11H2,(H,12,13)(H,14,15)/t6-,7-/m1/s1. The molecular formula is C9H18N2O4. The summed E-state index contributed by atoms with van der Waals surface area (Å²) in [5, 5.41) is 20.6. The second-order valence-corrected chi connectivity index (χ2v) is 3.67. The maximum absolute atomic E-state index is 10.3. The quantitative estimate of drug-likeness (QED) is 0.398. The number of carbonyl (C=O) groups is 2. The Balaban J connectivity index is 3.40. The number of carbonyl (C=O) groups excluding carboxylic acids is 2. The molecule has 0 heterocycles. The third kappa shape index (κ3) is 6.87. The van der Waals surface area contributed by atoms with Gasteiger partial charge in [-0.1, -0.05) is 6.42 Å². The van der Waals surface area contributed by atoms with E-state index in [1.54, 1.807) is 0 Å². The van der Waals surface area contributed by atoms with Crippen LogP contribution in [0.3, 0.4) is 0 Å². The van der Waals surface area contributed by atoms with Crippen molar-refractivity contribution in [2.45, 2.75) is 44.2 Å². The lowest BCUT2D eigenvalue weighted by Gasteiger charge is -2.10. The third-order valence-corrected chi connectivity index (χ3v) is 2.27. The second-order valence-electron chi connectivity index (χ2n) is 3.67. The smallest absolute Gasteiger partial charge is 0.124 e. The summed E-state index contributed by atoms with van der Waals surface area (Å²) < 4.78 is 0. The zero-order valence-electron chi connectivity index (χ0n) is 8.74. The van der Waals surface area contributed by atoms with Crippen LogP contribution in [0.2, 0.25) is 0 Å². The van der Waals surface area contributed by atoms with Gasteiger partial charge >= 0.3 is 0 Å². The van der Waals surface area contributed by atoms with Crippen LogP contribution in [-0.2, 0) is 9.59 Å². The third-order valence-electron chi connectivity index (χ3n) is 2.27. The number of carboxylic acids is 2. The first-order valence-electron chi connectivity index (χ1n) is 5.03. The van der Waals surface area contributed by atoms with Crippen molar-refractivity contribution in [3.63, 3.8) is 0 Å². The van der Waals surface area contributed by atoms with Gasteiger partial charge in [-0.25, -0.2) is 0 Å². The molecule has 0 aromatic carbocycles. The van der Waals surface area contributed by atoms with Gasteiger partial charge in [0.15, 0.2) is 0 Å². The van der Waals surface area contributed by atoms with Gasteiger partial charge in [0, 0.05) is 12.8 Å². The molecule has 0 fully saturated rings. The van der Waals surface area contributed by atoms with Crippen molar-refractivity contribution in [3.8, 4) is 0 Å². The Morgan fingerprint density at radius 1 is 0.867 bits per heavy atom. The van der Waals surface area contributed by atoms with Crippen LogP contribution in [0.4, 0.5) is 0 Å². The van der Waals surface area contributed by atoms with Crippen LogP contribution in [0.5, 0.6) is 0 Å². The first kappa shape index (κ1) is 13.9. The van der Waals surface area contributed by atoms with Crippen LogP contribution in [-0.4, -0.2) is 24.0 Å². The summed E-state index contributed by atoms with van der Waals surface area (Å²) in [6, 6.07) is -1.36. The minimum atomic E-state index is -1.14. The largest absolute Gasteiger partial charge is 0.544 e. The Labute approximate surface area is 88.3 Å². The summed E-state index contributed by atoms with van der Waals surface area (Å²) in [6.07, 6.45) is 3.13. The Morgan fingerprint density at radius 3 is 1.47 bits per heavy atom. The Kier molecular flexibility index (Phi) is 6.64. The number of rotatable bonds is 8. The first-order valence-corrected chi connectivity index (χ1v) is 5.03. The van der Waals surface area contributed by atoms with Gasteiger partial charge in [0.05, 0.1) is 11.9 Å². The fraction of sp³-hybridized carbons (Fsp3) is 0.778. The van der Waals surface area contributed by atoms with E-state index < -0.39 is 24.0 Å². The molecule has 0 unspecified atom stereocenters. The molecule has 0 bridgehead atoms. The molecule has 0 radical (unpaired) electrons. The number of aliphatic carboxylic acids is 2. The molecule has 6 N–H and O–H groups in total. The van der Waals surface area contributed by atoms with E-state index in [1.807, 2.05) is 0 Å². The van der Waals surface area contributed by atoms with Gasteiger partial charge in [-0.15, -0.1) is 0 Å². The lowest BCUT2D eigenvalue weighted by atomic mass is 10.1. The van der Waals surface area contributed by atoms with Gasteiger partial charge in [0.25, 0.3) is 0 Å². The average molecular weight is 218 g/mol. The average Bonchev–Trinajstić information content (AvgIpc) is 2.16. The van der Waals surface area contributed by atoms with Crippen LogP contribution < -0.4 is 21.7 Å². The van der Waals surface area contributed by atoms with E-state index in [-0.39, 0.29) is 0 Å². The molecule has 6 nitrogen and oxygen atoms in total. The second kappa shape index (κ2) is 7.19. The lowest BCUT2D eigenvalue weighted by Crippen LogP contribution is -2.68. The molecule has 0 aromatic heterocycles. The molecule has 0 saturated carbocycles. The number of unbranched alkanes of at least 4 members (excludes halogenated alkanes) is 2. The van der Waals surface area contributed by atoms with E-state index in [9.17, 15) is 19.8 Å². The van der Waals surface area contributed by atoms with Crippen LogP contribution in [0.1, 0.15) is 32.1 Å². The minimum Gasteiger partial charge on any atom is -0.544 e. The van der Waals surface area contributed by atoms with E-state index in [0.29, 0.717) is 25.7 Å². The summed E-state index contributed by atoms with van der Waals surface area (Å²) in [6.45, 7) is 0. The zero-order valence-corrected chi connectivity index (χ0v) is 8.74. The lowest BCUT2D eigenvalue weighted by molar-refractivity contribution is -0.439. The highest BCUT2D eigenvalue weighted by Crippen LogP contribution is 2.04. The molecule has 88 valence electrons. The summed E-state index contributed by atoms with van der Waals surface area (Å²) in [4.78, 5) is 20.6. The van der Waals surface area contributed by atoms with Crippen LogP contribution in [0.15, 0.2) is 0 Å². The van der Waals surface area contributed by atoms with Crippen LogP contribution in [0.25, 0.3) is 0 Å². The zero-order chi connectivity index (χ0) is 11.8. The fourth-order valence-corrected chi connectivity index (χ4v) is 1.19. The van der Waals surface area contributed by atoms with Gasteiger partial charge in [-0.3, -0.25) is 0 Å². The molecule has 0 aromatic rings. The molecule has 0 aliphatic carbocycles. The number of hydrogen-bond acceptors (Lipinski definition) is 4. The molecule has 6 heteroatoms. The molecular weight excluding hydrogens is 200 g/mol. The highest BCUT2D eigenvalue weighted by molar-refractivity contribution is 5.69. The molecule has 0 amide bonds. The number of quaternary nitrogens is 2. The van der Waals surface area contributed by atoms with E-state index in [0.717, 1.165) is 6.42 Å². The van der Waals surface area contributed by atoms with Crippen molar-refractivity contribution in [3.05, 3.63) is 0 Å². The summed E-state index contributed by atoms with van der Waals surface area (Å²) in [5.41, 5.74) is 6.84. The summed E-state index contributed by atoms with van der Waals surface area (Å²) in [5.74, 6) is -2.28. The van der Waals surface area contributed by atoms with Crippen LogP contribution >= 0.6 is 0 Å². The molecule has 0 aliphatic rings. The fourth-order valence-electron chi connectivity index (χ4n) is 1.19. The van der Waals surface area contributed by atoms with Gasteiger partial charge in [0.1, 0.15) is 12.1 Å². The summed E-state index contributed by atoms with van der Waals surface area (Å²) >= 11 is 0. The first-order chi connectivity index (χ1) is 6.95. The van der Waals surface area contributed by atoms with Crippen molar-refractivity contribution >= 4 is 11.9 Å². The molecule has 0 rings (SSSR count). The highest BCUT2D eigenvalue weighted by Gasteiger charge is 2.08. The number of hydrogen-bond donors (Lipinski definition) is 2. The maximum atomic E-state index is 10.3. The van der Waals surface area contributed by atoms with Crippen molar-refractivity contribution in [2.24, 2.45) is 0 Å². The molecule has 0 spiro atoms. The molecule has 2 atom stereocenters. The predicted molar refractivity (Wildman–Crippen MR) is 46.5 cm³/mol. The maximum Gasteiger partial charge on any atom is 0.124 e. The van der Waals surface area contributed by atoms with Gasteiger partial charge < -0.3 is 31.3 Å². The Hall–Kier alpha value is -1.14. The van der Waals surface area contributed by atoms with E-state index in [4.69, 9.17) is 0 Å². The van der Waals surface area contributed by atoms with Crippen LogP contribution in [0, 0.1) is 0 Å². The van der Waals surface area contributed by atoms with E-state index >= 15 is 0 Å². The Morgan fingerprint density at radius 2 is 1.20 bits per heavy atom. The van der Waals surface area contributed by atoms with Crippen molar-refractivity contribution in [1.82, 2.24) is 0 Å². The van der Waals surface area contributed by atoms with Crippen molar-refractivity contribution in [1.29, 1.82) is 0 Å². The molecule has 0 saturated heterocycles. The number of carboxylic acid groups (broad SMARTS) is 2. The van der Waals surface area contributed by atoms with Gasteiger partial charge in [0.2, 0.25) is 0 Å². The van der Waals surface area contributed by atoms with Crippen molar-refractivity contribution in [2.75, 3.05) is 0 Å². The van der Waals surface area contributed by atoms with Gasteiger partial charge in [-0.05, 0) is 12.8 Å². The highest BCUT2D eigenvalue weighted by atomic mass is 16.4. The van der Waals surface area contributed by atoms with E-state index in [2.05, 4.69) is 11.5 Å². The predicted octanol–water partition coefficient (Wildman–Crippen LogP) is -4.34. The van der Waals surface area contributed by atoms with Gasteiger partial charge in [-0.2, -0.15) is 0 Å². The Bertz CT molecular complexity index is 198. The SMILES string of the molecule is [NH3+][C@H](CCCCC[C@@H]([NH3+])C(=O)[O-])C(=O)[O-]. The normalized spacial score (nSPS) is 14.5. The van der Waals surface area contributed by atoms with Crippen molar-refractivity contribution < 1.29 is 31.3 Å². The summed E-state index contributed by atoms with van der Waals surface area (Å²) in [7, 11) is 0. The topological polar surface area (TPSA) is 136 Å². The minimum absolute atomic E-state index is 0.468. The monoisotopic (exact) mass is 218 g/mol. The van der Waals surface area contributed by atoms with E-state index in [1.165, 1.54) is 0 Å². The molecule has 0 aliphatic heterocycles.